The Kier molecular flexibility index (Phi) is 6.78. The molecule has 4 rings (SSSR count). The third-order valence-corrected chi connectivity index (χ3v) is 7.06. The van der Waals surface area contributed by atoms with Crippen molar-refractivity contribution in [1.29, 1.82) is 0 Å². The van der Waals surface area contributed by atoms with Gasteiger partial charge in [0.05, 0.1) is 18.4 Å². The molecule has 0 saturated heterocycles. The molecule has 0 aliphatic heterocycles. The van der Waals surface area contributed by atoms with Crippen molar-refractivity contribution in [3.63, 3.8) is 0 Å². The number of hydrogen-bond acceptors (Lipinski definition) is 5. The van der Waals surface area contributed by atoms with Crippen molar-refractivity contribution in [2.75, 3.05) is 6.54 Å². The largest absolute Gasteiger partial charge is 0.334 e. The zero-order chi connectivity index (χ0) is 23.6. The number of aromatic nitrogens is 4. The summed E-state index contributed by atoms with van der Waals surface area (Å²) in [5.41, 5.74) is 4.05. The zero-order valence-electron chi connectivity index (χ0n) is 17.8. The number of amides is 2. The van der Waals surface area contributed by atoms with Crippen molar-refractivity contribution in [3.8, 4) is 0 Å². The van der Waals surface area contributed by atoms with Crippen molar-refractivity contribution in [2.45, 2.75) is 30.8 Å². The number of carbonyl (C=O) groups excluding carboxylic acids is 1. The molecule has 2 heterocycles. The molecule has 0 spiro atoms. The Hall–Kier alpha value is -2.82. The number of aryl methyl sites for hydroxylation is 2. The molecule has 3 aromatic rings. The van der Waals surface area contributed by atoms with E-state index in [0.717, 1.165) is 41.7 Å². The molecule has 0 saturated carbocycles. The first-order chi connectivity index (χ1) is 15.7. The van der Waals surface area contributed by atoms with Gasteiger partial charge in [0.2, 0.25) is 0 Å². The molecule has 2 N–H and O–H groups in total. The van der Waals surface area contributed by atoms with Gasteiger partial charge in [-0.2, -0.15) is 18.6 Å². The lowest BCUT2D eigenvalue weighted by atomic mass is 9.92. The van der Waals surface area contributed by atoms with Crippen LogP contribution in [0.15, 0.2) is 47.8 Å². The van der Waals surface area contributed by atoms with Crippen molar-refractivity contribution in [2.24, 2.45) is 7.05 Å². The van der Waals surface area contributed by atoms with Gasteiger partial charge in [-0.1, -0.05) is 35.3 Å². The summed E-state index contributed by atoms with van der Waals surface area (Å²) >= 11 is 12.3. The number of nitrogens with one attached hydrogen (secondary N) is 2. The van der Waals surface area contributed by atoms with Crippen LogP contribution in [0.4, 0.5) is 4.79 Å². The fourth-order valence-corrected chi connectivity index (χ4v) is 5.08. The molecule has 0 unspecified atom stereocenters. The number of sulfonamides is 1. The predicted molar refractivity (Wildman–Crippen MR) is 126 cm³/mol. The maximum absolute atomic E-state index is 12.2. The average Bonchev–Trinajstić information content (AvgIpc) is 3.37. The summed E-state index contributed by atoms with van der Waals surface area (Å²) in [6.45, 7) is 0.643. The number of urea groups is 1. The second-order valence-corrected chi connectivity index (χ2v) is 10.1. The Morgan fingerprint density at radius 3 is 2.79 bits per heavy atom. The Bertz CT molecular complexity index is 1330. The summed E-state index contributed by atoms with van der Waals surface area (Å²) in [5, 5.41) is 11.8. The number of fused-ring (bicyclic) bond motifs is 1. The van der Waals surface area contributed by atoms with Crippen molar-refractivity contribution in [3.05, 3.63) is 69.6 Å². The molecular weight excluding hydrogens is 487 g/mol. The molecule has 0 bridgehead atoms. The van der Waals surface area contributed by atoms with E-state index in [2.05, 4.69) is 15.5 Å². The molecule has 33 heavy (non-hydrogen) atoms. The first kappa shape index (κ1) is 23.3. The average molecular weight is 509 g/mol. The van der Waals surface area contributed by atoms with E-state index in [4.69, 9.17) is 23.2 Å². The summed E-state index contributed by atoms with van der Waals surface area (Å²) in [6, 6.07) is 5.85. The van der Waals surface area contributed by atoms with Crippen LogP contribution in [-0.4, -0.2) is 40.6 Å². The van der Waals surface area contributed by atoms with E-state index in [-0.39, 0.29) is 11.6 Å². The van der Waals surface area contributed by atoms with E-state index in [1.165, 1.54) is 16.9 Å². The highest BCUT2D eigenvalue weighted by Crippen LogP contribution is 2.31. The third-order valence-electron chi connectivity index (χ3n) is 5.25. The Morgan fingerprint density at radius 1 is 1.24 bits per heavy atom. The molecule has 0 radical (unpaired) electrons. The van der Waals surface area contributed by atoms with Gasteiger partial charge in [-0.15, -0.1) is 0 Å². The number of halogens is 2. The van der Waals surface area contributed by atoms with Gasteiger partial charge >= 0.3 is 6.03 Å². The molecule has 2 amide bonds. The zero-order valence-corrected chi connectivity index (χ0v) is 20.1. The number of hydrogen-bond donors (Lipinski definition) is 2. The van der Waals surface area contributed by atoms with Gasteiger partial charge in [-0.3, -0.25) is 9.36 Å². The standard InChI is InChI=1S/C21H22Cl2N6O3S/c1-28-10-8-19(26-28)33(31,32)27-21(30)24-9-7-14-3-2-4-15-12-25-29(20(14)15)13-16-5-6-17(22)11-18(16)23/h5-8,10-12H,2-4,9,13H2,1H3,(H2,24,27,30). The smallest absolute Gasteiger partial charge is 0.328 e. The fraction of sp³-hybridized carbons (Fsp3) is 0.286. The lowest BCUT2D eigenvalue weighted by Crippen LogP contribution is -2.39. The Labute approximate surface area is 201 Å². The van der Waals surface area contributed by atoms with Crippen molar-refractivity contribution >= 4 is 44.8 Å². The van der Waals surface area contributed by atoms with Crippen LogP contribution >= 0.6 is 23.2 Å². The lowest BCUT2D eigenvalue weighted by Gasteiger charge is -2.18. The summed E-state index contributed by atoms with van der Waals surface area (Å²) in [5.74, 6) is 0. The quantitative estimate of drug-likeness (QED) is 0.530. The van der Waals surface area contributed by atoms with E-state index in [1.807, 2.05) is 27.7 Å². The maximum Gasteiger partial charge on any atom is 0.328 e. The van der Waals surface area contributed by atoms with Gasteiger partial charge in [0.1, 0.15) is 0 Å². The summed E-state index contributed by atoms with van der Waals surface area (Å²) < 4.78 is 29.6. The van der Waals surface area contributed by atoms with Gasteiger partial charge in [-0.05, 0) is 54.2 Å². The highest BCUT2D eigenvalue weighted by Gasteiger charge is 2.22. The van der Waals surface area contributed by atoms with Gasteiger partial charge in [0.25, 0.3) is 10.0 Å². The molecule has 1 aliphatic carbocycles. The minimum absolute atomic E-state index is 0.158. The molecule has 2 aromatic heterocycles. The topological polar surface area (TPSA) is 111 Å². The van der Waals surface area contributed by atoms with Crippen LogP contribution < -0.4 is 10.0 Å². The molecule has 9 nitrogen and oxygen atoms in total. The second kappa shape index (κ2) is 9.58. The minimum Gasteiger partial charge on any atom is -0.334 e. The van der Waals surface area contributed by atoms with Crippen LogP contribution in [0.1, 0.15) is 29.7 Å². The number of carbonyl (C=O) groups is 1. The summed E-state index contributed by atoms with van der Waals surface area (Å²) in [4.78, 5) is 12.1. The predicted octanol–water partition coefficient (Wildman–Crippen LogP) is 3.38. The molecule has 174 valence electrons. The summed E-state index contributed by atoms with van der Waals surface area (Å²) in [7, 11) is -2.44. The van der Waals surface area contributed by atoms with Crippen LogP contribution in [0.2, 0.25) is 10.0 Å². The molecule has 12 heteroatoms. The highest BCUT2D eigenvalue weighted by atomic mass is 35.5. The maximum atomic E-state index is 12.2. The first-order valence-electron chi connectivity index (χ1n) is 10.2. The second-order valence-electron chi connectivity index (χ2n) is 7.64. The highest BCUT2D eigenvalue weighted by molar-refractivity contribution is 7.90. The minimum atomic E-state index is -4.03. The van der Waals surface area contributed by atoms with Crippen molar-refractivity contribution in [1.82, 2.24) is 29.6 Å². The number of benzene rings is 1. The fourth-order valence-electron chi connectivity index (χ4n) is 3.71. The van der Waals surface area contributed by atoms with Gasteiger partial charge in [0, 0.05) is 29.8 Å². The van der Waals surface area contributed by atoms with Crippen LogP contribution in [0.25, 0.3) is 5.57 Å². The van der Waals surface area contributed by atoms with E-state index in [1.54, 1.807) is 19.2 Å². The molecule has 1 aromatic carbocycles. The van der Waals surface area contributed by atoms with Gasteiger partial charge in [0.15, 0.2) is 5.03 Å². The van der Waals surface area contributed by atoms with Crippen LogP contribution in [0.3, 0.4) is 0 Å². The molecule has 0 atom stereocenters. The molecule has 0 fully saturated rings. The van der Waals surface area contributed by atoms with Crippen LogP contribution in [0.5, 0.6) is 0 Å². The number of rotatable bonds is 6. The molecule has 1 aliphatic rings. The van der Waals surface area contributed by atoms with E-state index in [0.29, 0.717) is 16.6 Å². The third kappa shape index (κ3) is 5.40. The SMILES string of the molecule is Cn1ccc(S(=O)(=O)NC(=O)NCC=C2CCCc3cnn(Cc4ccc(Cl)cc4Cl)c32)n1. The lowest BCUT2D eigenvalue weighted by molar-refractivity contribution is 0.247. The van der Waals surface area contributed by atoms with Gasteiger partial charge in [-0.25, -0.2) is 9.52 Å². The van der Waals surface area contributed by atoms with E-state index < -0.39 is 16.1 Å². The van der Waals surface area contributed by atoms with E-state index >= 15 is 0 Å². The van der Waals surface area contributed by atoms with Crippen LogP contribution in [0, 0.1) is 0 Å². The summed E-state index contributed by atoms with van der Waals surface area (Å²) in [6.07, 6.45) is 7.92. The number of allylic oxidation sites excluding steroid dienone is 1. The Morgan fingerprint density at radius 2 is 2.06 bits per heavy atom. The molecular formula is C21H22Cl2N6O3S. The monoisotopic (exact) mass is 508 g/mol. The van der Waals surface area contributed by atoms with Crippen molar-refractivity contribution < 1.29 is 13.2 Å². The Balaban J connectivity index is 1.45. The normalized spacial score (nSPS) is 14.8. The number of nitrogens with zero attached hydrogens (tertiary/aromatic N) is 4. The van der Waals surface area contributed by atoms with Gasteiger partial charge < -0.3 is 5.32 Å². The van der Waals surface area contributed by atoms with Crippen LogP contribution in [-0.2, 0) is 30.0 Å². The first-order valence-corrected chi connectivity index (χ1v) is 12.4. The van der Waals surface area contributed by atoms with E-state index in [9.17, 15) is 13.2 Å².